The zero-order valence-electron chi connectivity index (χ0n) is 10.6. The maximum Gasteiger partial charge on any atom is 0.240 e. The van der Waals surface area contributed by atoms with E-state index in [1.807, 2.05) is 0 Å². The summed E-state index contributed by atoms with van der Waals surface area (Å²) in [6, 6.07) is 5.96. The van der Waals surface area contributed by atoms with Crippen LogP contribution in [0.5, 0.6) is 0 Å². The van der Waals surface area contributed by atoms with Crippen molar-refractivity contribution in [3.8, 4) is 0 Å². The minimum Gasteiger partial charge on any atom is -0.392 e. The van der Waals surface area contributed by atoms with Crippen LogP contribution in [0.1, 0.15) is 18.9 Å². The Balaban J connectivity index is 2.73. The second kappa shape index (κ2) is 6.84. The van der Waals surface area contributed by atoms with Crippen molar-refractivity contribution in [3.63, 3.8) is 0 Å². The van der Waals surface area contributed by atoms with Crippen molar-refractivity contribution in [1.82, 2.24) is 4.72 Å². The minimum absolute atomic E-state index is 0.0992. The molecule has 0 aliphatic rings. The molecule has 0 aliphatic heterocycles. The zero-order chi connectivity index (χ0) is 13.6. The smallest absolute Gasteiger partial charge is 0.240 e. The van der Waals surface area contributed by atoms with Gasteiger partial charge in [-0.1, -0.05) is 12.1 Å². The number of sulfonamides is 1. The Hall–Kier alpha value is -0.950. The quantitative estimate of drug-likeness (QED) is 0.773. The molecule has 0 fully saturated rings. The SMILES string of the molecule is COCCC(C)NS(=O)(=O)c1ccc(CO)cc1. The Bertz CT molecular complexity index is 455. The van der Waals surface area contributed by atoms with E-state index in [4.69, 9.17) is 9.84 Å². The minimum atomic E-state index is -3.50. The maximum atomic E-state index is 12.0. The molecular formula is C12H19NO4S. The number of aliphatic hydroxyl groups is 1. The van der Waals surface area contributed by atoms with Crippen molar-refractivity contribution in [2.45, 2.75) is 30.9 Å². The van der Waals surface area contributed by atoms with Gasteiger partial charge in [0.2, 0.25) is 10.0 Å². The lowest BCUT2D eigenvalue weighted by atomic mass is 10.2. The molecule has 0 radical (unpaired) electrons. The molecule has 18 heavy (non-hydrogen) atoms. The van der Waals surface area contributed by atoms with Crippen LogP contribution in [0.15, 0.2) is 29.2 Å². The van der Waals surface area contributed by atoms with Crippen LogP contribution in [0.25, 0.3) is 0 Å². The van der Waals surface area contributed by atoms with Crippen LogP contribution in [0, 0.1) is 0 Å². The number of ether oxygens (including phenoxy) is 1. The first-order valence-corrected chi connectivity index (χ1v) is 7.19. The van der Waals surface area contributed by atoms with E-state index in [1.54, 1.807) is 26.2 Å². The summed E-state index contributed by atoms with van der Waals surface area (Å²) < 4.78 is 31.5. The molecule has 0 aromatic heterocycles. The maximum absolute atomic E-state index is 12.0. The fraction of sp³-hybridized carbons (Fsp3) is 0.500. The van der Waals surface area contributed by atoms with E-state index < -0.39 is 10.0 Å². The van der Waals surface area contributed by atoms with E-state index in [0.29, 0.717) is 18.6 Å². The van der Waals surface area contributed by atoms with E-state index in [1.165, 1.54) is 12.1 Å². The van der Waals surface area contributed by atoms with Crippen molar-refractivity contribution in [2.24, 2.45) is 0 Å². The number of hydrogen-bond acceptors (Lipinski definition) is 4. The number of methoxy groups -OCH3 is 1. The van der Waals surface area contributed by atoms with Gasteiger partial charge in [0.15, 0.2) is 0 Å². The van der Waals surface area contributed by atoms with Gasteiger partial charge in [0.05, 0.1) is 11.5 Å². The Morgan fingerprint density at radius 1 is 1.33 bits per heavy atom. The third kappa shape index (κ3) is 4.38. The lowest BCUT2D eigenvalue weighted by molar-refractivity contribution is 0.188. The van der Waals surface area contributed by atoms with Crippen LogP contribution in [-0.4, -0.2) is 33.3 Å². The van der Waals surface area contributed by atoms with E-state index in [-0.39, 0.29) is 17.5 Å². The highest BCUT2D eigenvalue weighted by Crippen LogP contribution is 2.11. The molecule has 1 aromatic carbocycles. The Morgan fingerprint density at radius 2 is 1.94 bits per heavy atom. The van der Waals surface area contributed by atoms with Gasteiger partial charge in [0, 0.05) is 19.8 Å². The summed E-state index contributed by atoms with van der Waals surface area (Å²) in [6.07, 6.45) is 0.616. The van der Waals surface area contributed by atoms with Gasteiger partial charge in [-0.25, -0.2) is 13.1 Å². The molecule has 5 nitrogen and oxygen atoms in total. The molecule has 6 heteroatoms. The number of hydrogen-bond donors (Lipinski definition) is 2. The predicted octanol–water partition coefficient (Wildman–Crippen LogP) is 0.882. The van der Waals surface area contributed by atoms with Gasteiger partial charge >= 0.3 is 0 Å². The largest absolute Gasteiger partial charge is 0.392 e. The van der Waals surface area contributed by atoms with E-state index >= 15 is 0 Å². The van der Waals surface area contributed by atoms with Crippen molar-refractivity contribution >= 4 is 10.0 Å². The highest BCUT2D eigenvalue weighted by atomic mass is 32.2. The molecule has 0 amide bonds. The van der Waals surface area contributed by atoms with E-state index in [9.17, 15) is 8.42 Å². The molecule has 0 saturated carbocycles. The standard InChI is InChI=1S/C12H19NO4S/c1-10(7-8-17-2)13-18(15,16)12-5-3-11(9-14)4-6-12/h3-6,10,13-14H,7-9H2,1-2H3. The van der Waals surface area contributed by atoms with Crippen LogP contribution in [0.3, 0.4) is 0 Å². The third-order valence-corrected chi connectivity index (χ3v) is 4.13. The van der Waals surface area contributed by atoms with E-state index in [2.05, 4.69) is 4.72 Å². The highest BCUT2D eigenvalue weighted by molar-refractivity contribution is 7.89. The normalized spacial score (nSPS) is 13.5. The monoisotopic (exact) mass is 273 g/mol. The summed E-state index contributed by atoms with van der Waals surface area (Å²) in [6.45, 7) is 2.20. The lowest BCUT2D eigenvalue weighted by Crippen LogP contribution is -2.33. The molecular weight excluding hydrogens is 254 g/mol. The van der Waals surface area contributed by atoms with Crippen molar-refractivity contribution < 1.29 is 18.3 Å². The molecule has 0 aliphatic carbocycles. The average Bonchev–Trinajstić information content (AvgIpc) is 2.36. The average molecular weight is 273 g/mol. The van der Waals surface area contributed by atoms with Gasteiger partial charge in [0.1, 0.15) is 0 Å². The molecule has 1 unspecified atom stereocenters. The second-order valence-electron chi connectivity index (χ2n) is 4.11. The topological polar surface area (TPSA) is 75.6 Å². The summed E-state index contributed by atoms with van der Waals surface area (Å²) >= 11 is 0. The lowest BCUT2D eigenvalue weighted by Gasteiger charge is -2.13. The van der Waals surface area contributed by atoms with Gasteiger partial charge < -0.3 is 9.84 Å². The first kappa shape index (κ1) is 15.1. The molecule has 0 bridgehead atoms. The van der Waals surface area contributed by atoms with Gasteiger partial charge in [-0.2, -0.15) is 0 Å². The number of aliphatic hydroxyl groups excluding tert-OH is 1. The Kier molecular flexibility index (Phi) is 5.74. The van der Waals surface area contributed by atoms with Crippen LogP contribution in [0.4, 0.5) is 0 Å². The third-order valence-electron chi connectivity index (χ3n) is 2.53. The molecule has 102 valence electrons. The summed E-state index contributed by atoms with van der Waals surface area (Å²) in [4.78, 5) is 0.198. The van der Waals surface area contributed by atoms with Gasteiger partial charge in [-0.05, 0) is 31.0 Å². The fourth-order valence-corrected chi connectivity index (χ4v) is 2.74. The van der Waals surface area contributed by atoms with Crippen LogP contribution in [0.2, 0.25) is 0 Å². The summed E-state index contributed by atoms with van der Waals surface area (Å²) in [5.74, 6) is 0. The molecule has 0 spiro atoms. The van der Waals surface area contributed by atoms with Crippen LogP contribution in [-0.2, 0) is 21.4 Å². The molecule has 2 N–H and O–H groups in total. The van der Waals surface area contributed by atoms with Gasteiger partial charge in [-0.15, -0.1) is 0 Å². The summed E-state index contributed by atoms with van der Waals surface area (Å²) in [7, 11) is -1.92. The summed E-state index contributed by atoms with van der Waals surface area (Å²) in [5, 5.41) is 8.89. The van der Waals surface area contributed by atoms with Gasteiger partial charge in [-0.3, -0.25) is 0 Å². The summed E-state index contributed by atoms with van der Waals surface area (Å²) in [5.41, 5.74) is 0.682. The molecule has 1 atom stereocenters. The highest BCUT2D eigenvalue weighted by Gasteiger charge is 2.16. The van der Waals surface area contributed by atoms with E-state index in [0.717, 1.165) is 0 Å². The van der Waals surface area contributed by atoms with Crippen molar-refractivity contribution in [3.05, 3.63) is 29.8 Å². The fourth-order valence-electron chi connectivity index (χ4n) is 1.46. The predicted molar refractivity (Wildman–Crippen MR) is 68.6 cm³/mol. The van der Waals surface area contributed by atoms with Crippen molar-refractivity contribution in [2.75, 3.05) is 13.7 Å². The second-order valence-corrected chi connectivity index (χ2v) is 5.82. The van der Waals surface area contributed by atoms with Gasteiger partial charge in [0.25, 0.3) is 0 Å². The first-order valence-electron chi connectivity index (χ1n) is 5.70. The molecule has 0 saturated heterocycles. The van der Waals surface area contributed by atoms with Crippen LogP contribution < -0.4 is 4.72 Å². The Labute approximate surface area is 108 Å². The molecule has 1 aromatic rings. The number of rotatable bonds is 7. The number of benzene rings is 1. The van der Waals surface area contributed by atoms with Crippen molar-refractivity contribution in [1.29, 1.82) is 0 Å². The molecule has 1 rings (SSSR count). The molecule has 0 heterocycles. The zero-order valence-corrected chi connectivity index (χ0v) is 11.4. The number of nitrogens with one attached hydrogen (secondary N) is 1. The van der Waals surface area contributed by atoms with Crippen LogP contribution >= 0.6 is 0 Å². The Morgan fingerprint density at radius 3 is 2.44 bits per heavy atom. The first-order chi connectivity index (χ1) is 8.49.